The lowest BCUT2D eigenvalue weighted by atomic mass is 9.97. The van der Waals surface area contributed by atoms with E-state index >= 15 is 0 Å². The molecule has 2 saturated heterocycles. The second-order valence-electron chi connectivity index (χ2n) is 6.88. The summed E-state index contributed by atoms with van der Waals surface area (Å²) >= 11 is 0. The van der Waals surface area contributed by atoms with Gasteiger partial charge in [-0.15, -0.1) is 0 Å². The molecule has 0 amide bonds. The van der Waals surface area contributed by atoms with E-state index in [0.29, 0.717) is 12.3 Å². The van der Waals surface area contributed by atoms with E-state index in [4.69, 9.17) is 10.00 Å². The maximum Gasteiger partial charge on any atom is 0.142 e. The Morgan fingerprint density at radius 1 is 1.32 bits per heavy atom. The van der Waals surface area contributed by atoms with Gasteiger partial charge in [0.05, 0.1) is 18.2 Å². The van der Waals surface area contributed by atoms with E-state index in [0.717, 1.165) is 38.3 Å². The molecule has 0 bridgehead atoms. The van der Waals surface area contributed by atoms with Crippen LogP contribution in [-0.2, 0) is 11.3 Å². The Kier molecular flexibility index (Phi) is 4.35. The van der Waals surface area contributed by atoms with Crippen molar-refractivity contribution < 1.29 is 4.74 Å². The molecule has 0 aliphatic carbocycles. The van der Waals surface area contributed by atoms with E-state index < -0.39 is 0 Å². The lowest BCUT2D eigenvalue weighted by Crippen LogP contribution is -2.33. The molecule has 6 nitrogen and oxygen atoms in total. The molecule has 2 aliphatic rings. The summed E-state index contributed by atoms with van der Waals surface area (Å²) in [6.07, 6.45) is 5.71. The van der Waals surface area contributed by atoms with Crippen LogP contribution in [0.1, 0.15) is 24.1 Å². The molecule has 25 heavy (non-hydrogen) atoms. The van der Waals surface area contributed by atoms with Gasteiger partial charge >= 0.3 is 0 Å². The number of nitrogens with zero attached hydrogens (tertiary/aromatic N) is 4. The first kappa shape index (κ1) is 16.0. The average molecular weight is 335 g/mol. The number of likely N-dealkylation sites (tertiary alicyclic amines) is 1. The number of hydrogen-bond acceptors (Lipinski definition) is 6. The second-order valence-corrected chi connectivity index (χ2v) is 6.88. The third-order valence-electron chi connectivity index (χ3n) is 4.98. The summed E-state index contributed by atoms with van der Waals surface area (Å²) < 4.78 is 6.20. The van der Waals surface area contributed by atoms with Crippen molar-refractivity contribution in [1.29, 1.82) is 5.26 Å². The molecule has 2 aromatic heterocycles. The first-order chi connectivity index (χ1) is 12.2. The van der Waals surface area contributed by atoms with Gasteiger partial charge in [0, 0.05) is 38.4 Å². The summed E-state index contributed by atoms with van der Waals surface area (Å²) in [5.41, 5.74) is 1.66. The predicted molar refractivity (Wildman–Crippen MR) is 93.8 cm³/mol. The Bertz CT molecular complexity index is 775. The van der Waals surface area contributed by atoms with E-state index in [1.54, 1.807) is 6.07 Å². The highest BCUT2D eigenvalue weighted by Crippen LogP contribution is 2.36. The molecule has 0 aromatic carbocycles. The zero-order chi connectivity index (χ0) is 17.1. The van der Waals surface area contributed by atoms with Crippen LogP contribution in [0.3, 0.4) is 0 Å². The average Bonchev–Trinajstić information content (AvgIpc) is 3.22. The molecule has 128 valence electrons. The number of aromatic nitrogens is 2. The molecule has 0 saturated carbocycles. The standard InChI is InChI=1S/C19H21N5O/c20-11-16-2-1-3-18(22-16)23-17-10-19(25-13-17)6-9-24(14-19)12-15-4-7-21-8-5-15/h1-5,7-8,17H,6,9-10,12-14H2,(H,22,23)/t17-,19-/m0/s1. The predicted octanol–water partition coefficient (Wildman–Crippen LogP) is 2.19. The molecule has 1 spiro atoms. The topological polar surface area (TPSA) is 74.1 Å². The highest BCUT2D eigenvalue weighted by molar-refractivity contribution is 5.39. The fourth-order valence-corrected chi connectivity index (χ4v) is 3.82. The van der Waals surface area contributed by atoms with Crippen molar-refractivity contribution in [2.45, 2.75) is 31.0 Å². The molecule has 0 unspecified atom stereocenters. The molecule has 2 aromatic rings. The Morgan fingerprint density at radius 3 is 3.04 bits per heavy atom. The molecule has 4 heterocycles. The van der Waals surface area contributed by atoms with Crippen molar-refractivity contribution >= 4 is 5.82 Å². The van der Waals surface area contributed by atoms with Crippen LogP contribution in [0.2, 0.25) is 0 Å². The zero-order valence-corrected chi connectivity index (χ0v) is 14.1. The number of pyridine rings is 2. The quantitative estimate of drug-likeness (QED) is 0.923. The summed E-state index contributed by atoms with van der Waals surface area (Å²) in [7, 11) is 0. The molecule has 2 fully saturated rings. The number of ether oxygens (including phenoxy) is 1. The van der Waals surface area contributed by atoms with Gasteiger partial charge in [0.2, 0.25) is 0 Å². The Morgan fingerprint density at radius 2 is 2.20 bits per heavy atom. The van der Waals surface area contributed by atoms with Crippen molar-refractivity contribution in [2.24, 2.45) is 0 Å². The Balaban J connectivity index is 1.35. The number of nitriles is 1. The third-order valence-corrected chi connectivity index (χ3v) is 4.98. The number of nitrogens with one attached hydrogen (secondary N) is 1. The highest BCUT2D eigenvalue weighted by atomic mass is 16.5. The van der Waals surface area contributed by atoms with Crippen molar-refractivity contribution in [3.8, 4) is 6.07 Å². The Labute approximate surface area is 147 Å². The molecular formula is C19H21N5O. The minimum atomic E-state index is -0.0580. The van der Waals surface area contributed by atoms with Crippen LogP contribution in [0.25, 0.3) is 0 Å². The molecule has 2 aliphatic heterocycles. The van der Waals surface area contributed by atoms with Crippen molar-refractivity contribution in [2.75, 3.05) is 25.0 Å². The zero-order valence-electron chi connectivity index (χ0n) is 14.1. The lowest BCUT2D eigenvalue weighted by Gasteiger charge is -2.23. The summed E-state index contributed by atoms with van der Waals surface area (Å²) in [6, 6.07) is 11.9. The second kappa shape index (κ2) is 6.79. The summed E-state index contributed by atoms with van der Waals surface area (Å²) in [4.78, 5) is 10.8. The van der Waals surface area contributed by atoms with E-state index in [1.807, 2.05) is 24.5 Å². The maximum absolute atomic E-state index is 8.97. The molecule has 2 atom stereocenters. The van der Waals surface area contributed by atoms with Crippen molar-refractivity contribution in [3.05, 3.63) is 54.0 Å². The smallest absolute Gasteiger partial charge is 0.142 e. The number of rotatable bonds is 4. The molecule has 4 rings (SSSR count). The van der Waals surface area contributed by atoms with Gasteiger partial charge in [-0.1, -0.05) is 6.07 Å². The van der Waals surface area contributed by atoms with Gasteiger partial charge in [-0.2, -0.15) is 5.26 Å². The van der Waals surface area contributed by atoms with E-state index in [1.165, 1.54) is 5.56 Å². The van der Waals surface area contributed by atoms with Crippen LogP contribution in [0.15, 0.2) is 42.7 Å². The fourth-order valence-electron chi connectivity index (χ4n) is 3.82. The first-order valence-corrected chi connectivity index (χ1v) is 8.64. The summed E-state index contributed by atoms with van der Waals surface area (Å²) in [5.74, 6) is 0.747. The minimum Gasteiger partial charge on any atom is -0.371 e. The van der Waals surface area contributed by atoms with Crippen LogP contribution in [0, 0.1) is 11.3 Å². The van der Waals surface area contributed by atoms with Gasteiger partial charge in [-0.3, -0.25) is 9.88 Å². The Hall–Kier alpha value is -2.49. The normalized spacial score (nSPS) is 26.0. The SMILES string of the molecule is N#Cc1cccc(N[C@@H]2CO[C@@]3(CCN(Cc4ccncc4)C3)C2)n1. The van der Waals surface area contributed by atoms with Crippen molar-refractivity contribution in [3.63, 3.8) is 0 Å². The van der Waals surface area contributed by atoms with Crippen LogP contribution < -0.4 is 5.32 Å². The van der Waals surface area contributed by atoms with Gasteiger partial charge in [-0.05, 0) is 36.2 Å². The third kappa shape index (κ3) is 3.63. The van der Waals surface area contributed by atoms with Crippen LogP contribution in [0.5, 0.6) is 0 Å². The summed E-state index contributed by atoms with van der Waals surface area (Å²) in [5, 5.41) is 12.4. The monoisotopic (exact) mass is 335 g/mol. The van der Waals surface area contributed by atoms with Gasteiger partial charge < -0.3 is 10.1 Å². The minimum absolute atomic E-state index is 0.0580. The molecular weight excluding hydrogens is 314 g/mol. The van der Waals surface area contributed by atoms with E-state index in [-0.39, 0.29) is 11.6 Å². The van der Waals surface area contributed by atoms with Crippen LogP contribution in [0.4, 0.5) is 5.82 Å². The van der Waals surface area contributed by atoms with E-state index in [2.05, 4.69) is 38.4 Å². The molecule has 6 heteroatoms. The summed E-state index contributed by atoms with van der Waals surface area (Å²) in [6.45, 7) is 3.63. The molecule has 0 radical (unpaired) electrons. The maximum atomic E-state index is 8.97. The number of anilines is 1. The van der Waals surface area contributed by atoms with Crippen molar-refractivity contribution in [1.82, 2.24) is 14.9 Å². The van der Waals surface area contributed by atoms with Gasteiger partial charge in [0.25, 0.3) is 0 Å². The fraction of sp³-hybridized carbons (Fsp3) is 0.421. The van der Waals surface area contributed by atoms with Gasteiger partial charge in [0.1, 0.15) is 17.6 Å². The number of hydrogen-bond donors (Lipinski definition) is 1. The lowest BCUT2D eigenvalue weighted by molar-refractivity contribution is 0.0120. The highest BCUT2D eigenvalue weighted by Gasteiger charge is 2.45. The van der Waals surface area contributed by atoms with Crippen LogP contribution >= 0.6 is 0 Å². The van der Waals surface area contributed by atoms with Gasteiger partial charge in [-0.25, -0.2) is 4.98 Å². The van der Waals surface area contributed by atoms with Crippen LogP contribution in [-0.4, -0.2) is 46.2 Å². The largest absolute Gasteiger partial charge is 0.371 e. The first-order valence-electron chi connectivity index (χ1n) is 8.64. The molecule has 1 N–H and O–H groups in total. The van der Waals surface area contributed by atoms with Gasteiger partial charge in [0.15, 0.2) is 0 Å². The van der Waals surface area contributed by atoms with E-state index in [9.17, 15) is 0 Å².